The Morgan fingerprint density at radius 1 is 1.30 bits per heavy atom. The highest BCUT2D eigenvalue weighted by Gasteiger charge is 2.27. The van der Waals surface area contributed by atoms with Crippen molar-refractivity contribution in [2.75, 3.05) is 0 Å². The zero-order valence-electron chi connectivity index (χ0n) is 15.1. The van der Waals surface area contributed by atoms with Gasteiger partial charge in [0.25, 0.3) is 0 Å². The molecular formula is C20H30N2O. The topological polar surface area (TPSA) is 38.0 Å². The fourth-order valence-electron chi connectivity index (χ4n) is 3.29. The fraction of sp³-hybridized carbons (Fsp3) is 0.550. The van der Waals surface area contributed by atoms with Crippen molar-refractivity contribution in [2.24, 2.45) is 0 Å². The molecule has 1 aromatic carbocycles. The first-order valence-corrected chi connectivity index (χ1v) is 8.89. The third kappa shape index (κ3) is 3.84. The highest BCUT2D eigenvalue weighted by molar-refractivity contribution is 5.28. The minimum atomic E-state index is -0.362. The molecule has 1 atom stereocenters. The van der Waals surface area contributed by atoms with Crippen LogP contribution in [0, 0.1) is 6.92 Å². The van der Waals surface area contributed by atoms with E-state index in [1.54, 1.807) is 0 Å². The first-order valence-electron chi connectivity index (χ1n) is 8.89. The van der Waals surface area contributed by atoms with Crippen LogP contribution >= 0.6 is 0 Å². The van der Waals surface area contributed by atoms with E-state index in [9.17, 15) is 5.11 Å². The summed E-state index contributed by atoms with van der Waals surface area (Å²) in [7, 11) is 0. The SMILES string of the molecule is CC.Cc1cccc(Cn2c(C(C)C)nc3c2C(O)CCC3)c1. The van der Waals surface area contributed by atoms with E-state index in [-0.39, 0.29) is 6.10 Å². The first kappa shape index (κ1) is 17.7. The normalized spacial score (nSPS) is 16.7. The van der Waals surface area contributed by atoms with E-state index in [1.807, 2.05) is 13.8 Å². The first-order chi connectivity index (χ1) is 11.1. The molecule has 0 saturated carbocycles. The van der Waals surface area contributed by atoms with Crippen molar-refractivity contribution in [3.8, 4) is 0 Å². The van der Waals surface area contributed by atoms with Crippen molar-refractivity contribution < 1.29 is 5.11 Å². The lowest BCUT2D eigenvalue weighted by molar-refractivity contribution is 0.147. The average molecular weight is 314 g/mol. The molecule has 126 valence electrons. The summed E-state index contributed by atoms with van der Waals surface area (Å²) in [6.45, 7) is 11.3. The van der Waals surface area contributed by atoms with E-state index >= 15 is 0 Å². The van der Waals surface area contributed by atoms with Gasteiger partial charge in [-0.2, -0.15) is 0 Å². The van der Waals surface area contributed by atoms with Crippen LogP contribution in [-0.2, 0) is 13.0 Å². The summed E-state index contributed by atoms with van der Waals surface area (Å²) in [6.07, 6.45) is 2.52. The summed E-state index contributed by atoms with van der Waals surface area (Å²) < 4.78 is 2.25. The molecule has 23 heavy (non-hydrogen) atoms. The molecule has 1 unspecified atom stereocenters. The largest absolute Gasteiger partial charge is 0.387 e. The van der Waals surface area contributed by atoms with Gasteiger partial charge in [0.15, 0.2) is 0 Å². The lowest BCUT2D eigenvalue weighted by Gasteiger charge is -2.21. The lowest BCUT2D eigenvalue weighted by Crippen LogP contribution is -2.16. The van der Waals surface area contributed by atoms with Crippen molar-refractivity contribution >= 4 is 0 Å². The second-order valence-electron chi connectivity index (χ2n) is 6.44. The Hall–Kier alpha value is -1.61. The summed E-state index contributed by atoms with van der Waals surface area (Å²) in [5.74, 6) is 1.47. The number of imidazole rings is 1. The number of aromatic nitrogens is 2. The zero-order valence-corrected chi connectivity index (χ0v) is 15.1. The number of aliphatic hydroxyl groups excluding tert-OH is 1. The summed E-state index contributed by atoms with van der Waals surface area (Å²) in [5, 5.41) is 10.4. The van der Waals surface area contributed by atoms with Crippen LogP contribution in [0.25, 0.3) is 0 Å². The van der Waals surface area contributed by atoms with Crippen LogP contribution in [0.4, 0.5) is 0 Å². The van der Waals surface area contributed by atoms with Gasteiger partial charge in [0, 0.05) is 12.5 Å². The van der Waals surface area contributed by atoms with Crippen LogP contribution in [-0.4, -0.2) is 14.7 Å². The van der Waals surface area contributed by atoms with E-state index in [0.717, 1.165) is 43.0 Å². The molecule has 1 aromatic heterocycles. The van der Waals surface area contributed by atoms with E-state index in [1.165, 1.54) is 11.1 Å². The number of fused-ring (bicyclic) bond motifs is 1. The van der Waals surface area contributed by atoms with Crippen LogP contribution in [0.2, 0.25) is 0 Å². The van der Waals surface area contributed by atoms with Crippen LogP contribution < -0.4 is 0 Å². The molecule has 3 rings (SSSR count). The molecule has 3 nitrogen and oxygen atoms in total. The van der Waals surface area contributed by atoms with Crippen molar-refractivity contribution in [2.45, 2.75) is 72.4 Å². The molecule has 0 spiro atoms. The Bertz CT molecular complexity index is 643. The average Bonchev–Trinajstić information content (AvgIpc) is 2.90. The van der Waals surface area contributed by atoms with Gasteiger partial charge >= 0.3 is 0 Å². The molecule has 0 amide bonds. The molecule has 1 heterocycles. The van der Waals surface area contributed by atoms with Gasteiger partial charge in [-0.1, -0.05) is 57.5 Å². The van der Waals surface area contributed by atoms with Gasteiger partial charge in [-0.3, -0.25) is 0 Å². The maximum Gasteiger partial charge on any atom is 0.112 e. The maximum absolute atomic E-state index is 10.4. The molecule has 1 N–H and O–H groups in total. The number of nitrogens with zero attached hydrogens (tertiary/aromatic N) is 2. The molecule has 1 aliphatic rings. The smallest absolute Gasteiger partial charge is 0.112 e. The lowest BCUT2D eigenvalue weighted by atomic mass is 9.98. The number of aliphatic hydroxyl groups is 1. The monoisotopic (exact) mass is 314 g/mol. The quantitative estimate of drug-likeness (QED) is 0.887. The van der Waals surface area contributed by atoms with E-state index < -0.39 is 0 Å². The van der Waals surface area contributed by atoms with Gasteiger partial charge < -0.3 is 9.67 Å². The van der Waals surface area contributed by atoms with Crippen LogP contribution in [0.3, 0.4) is 0 Å². The predicted molar refractivity (Wildman–Crippen MR) is 95.8 cm³/mol. The van der Waals surface area contributed by atoms with E-state index in [0.29, 0.717) is 5.92 Å². The standard InChI is InChI=1S/C18H24N2O.C2H6/c1-12(2)18-19-15-8-5-9-16(21)17(15)20(18)11-14-7-4-6-13(3)10-14;1-2/h4,6-7,10,12,16,21H,5,8-9,11H2,1-3H3;1-2H3. The Morgan fingerprint density at radius 2 is 2.04 bits per heavy atom. The zero-order chi connectivity index (χ0) is 17.0. The summed E-state index contributed by atoms with van der Waals surface area (Å²) in [5.41, 5.74) is 4.69. The molecule has 0 aliphatic heterocycles. The van der Waals surface area contributed by atoms with Crippen molar-refractivity contribution in [3.05, 3.63) is 52.6 Å². The number of hydrogen-bond donors (Lipinski definition) is 1. The Labute approximate surface area is 140 Å². The molecule has 0 fully saturated rings. The molecular weight excluding hydrogens is 284 g/mol. The van der Waals surface area contributed by atoms with Gasteiger partial charge in [0.2, 0.25) is 0 Å². The molecule has 0 saturated heterocycles. The number of hydrogen-bond acceptors (Lipinski definition) is 2. The van der Waals surface area contributed by atoms with Gasteiger partial charge in [-0.15, -0.1) is 0 Å². The third-order valence-corrected chi connectivity index (χ3v) is 4.26. The molecule has 0 radical (unpaired) electrons. The molecule has 1 aliphatic carbocycles. The van der Waals surface area contributed by atoms with Gasteiger partial charge in [0.05, 0.1) is 17.5 Å². The summed E-state index contributed by atoms with van der Waals surface area (Å²) >= 11 is 0. The van der Waals surface area contributed by atoms with E-state index in [4.69, 9.17) is 4.98 Å². The fourth-order valence-corrected chi connectivity index (χ4v) is 3.29. The second-order valence-corrected chi connectivity index (χ2v) is 6.44. The minimum absolute atomic E-state index is 0.362. The Morgan fingerprint density at radius 3 is 2.70 bits per heavy atom. The summed E-state index contributed by atoms with van der Waals surface area (Å²) in [4.78, 5) is 4.82. The highest BCUT2D eigenvalue weighted by Crippen LogP contribution is 2.32. The maximum atomic E-state index is 10.4. The Balaban J connectivity index is 0.000000924. The summed E-state index contributed by atoms with van der Waals surface area (Å²) in [6, 6.07) is 8.58. The van der Waals surface area contributed by atoms with Gasteiger partial charge in [0.1, 0.15) is 5.82 Å². The third-order valence-electron chi connectivity index (χ3n) is 4.26. The van der Waals surface area contributed by atoms with Crippen LogP contribution in [0.5, 0.6) is 0 Å². The van der Waals surface area contributed by atoms with E-state index in [2.05, 4.69) is 49.6 Å². The van der Waals surface area contributed by atoms with Crippen molar-refractivity contribution in [3.63, 3.8) is 0 Å². The minimum Gasteiger partial charge on any atom is -0.387 e. The number of aryl methyl sites for hydroxylation is 2. The number of rotatable bonds is 3. The molecule has 3 heteroatoms. The number of benzene rings is 1. The van der Waals surface area contributed by atoms with Crippen molar-refractivity contribution in [1.29, 1.82) is 0 Å². The highest BCUT2D eigenvalue weighted by atomic mass is 16.3. The predicted octanol–water partition coefficient (Wildman–Crippen LogP) is 4.76. The van der Waals surface area contributed by atoms with Crippen molar-refractivity contribution in [1.82, 2.24) is 9.55 Å². The van der Waals surface area contributed by atoms with Crippen LogP contribution in [0.15, 0.2) is 24.3 Å². The van der Waals surface area contributed by atoms with Crippen LogP contribution in [0.1, 0.15) is 80.9 Å². The van der Waals surface area contributed by atoms with Gasteiger partial charge in [-0.05, 0) is 31.7 Å². The molecule has 0 bridgehead atoms. The second kappa shape index (κ2) is 7.78. The molecule has 2 aromatic rings. The Kier molecular flexibility index (Phi) is 6.00. The van der Waals surface area contributed by atoms with Gasteiger partial charge in [-0.25, -0.2) is 4.98 Å².